The number of imidazole rings is 1. The van der Waals surface area contributed by atoms with Gasteiger partial charge in [-0.15, -0.1) is 11.8 Å². The molecule has 148 valence electrons. The van der Waals surface area contributed by atoms with E-state index in [1.807, 2.05) is 59.2 Å². The van der Waals surface area contributed by atoms with Crippen molar-refractivity contribution in [3.63, 3.8) is 0 Å². The van der Waals surface area contributed by atoms with Crippen LogP contribution in [-0.2, 0) is 18.5 Å². The van der Waals surface area contributed by atoms with Crippen LogP contribution in [0.25, 0.3) is 11.0 Å². The van der Waals surface area contributed by atoms with Gasteiger partial charge >= 0.3 is 6.18 Å². The Bertz CT molecular complexity index is 1120. The van der Waals surface area contributed by atoms with E-state index in [-0.39, 0.29) is 0 Å². The van der Waals surface area contributed by atoms with Crippen LogP contribution in [0.2, 0.25) is 5.02 Å². The maximum Gasteiger partial charge on any atom is 0.416 e. The first kappa shape index (κ1) is 19.9. The molecule has 0 unspecified atom stereocenters. The van der Waals surface area contributed by atoms with E-state index < -0.39 is 11.7 Å². The van der Waals surface area contributed by atoms with E-state index in [2.05, 4.69) is 4.98 Å². The van der Waals surface area contributed by atoms with Crippen molar-refractivity contribution >= 4 is 34.4 Å². The summed E-state index contributed by atoms with van der Waals surface area (Å²) < 4.78 is 41.3. The van der Waals surface area contributed by atoms with E-state index in [0.717, 1.165) is 28.4 Å². The van der Waals surface area contributed by atoms with Crippen molar-refractivity contribution in [3.8, 4) is 0 Å². The second kappa shape index (κ2) is 8.13. The highest BCUT2D eigenvalue weighted by molar-refractivity contribution is 7.98. The molecule has 0 bridgehead atoms. The van der Waals surface area contributed by atoms with Crippen LogP contribution < -0.4 is 0 Å². The maximum atomic E-state index is 13.1. The zero-order chi connectivity index (χ0) is 20.4. The number of benzene rings is 3. The van der Waals surface area contributed by atoms with Crippen molar-refractivity contribution in [2.24, 2.45) is 0 Å². The van der Waals surface area contributed by atoms with Crippen molar-refractivity contribution in [2.75, 3.05) is 0 Å². The standard InChI is InChI=1S/C22H16ClF3N2S/c23-17-7-9-18(10-8-17)29-14-21-27-19-12-16(22(24,25)26)6-11-20(19)28(21)13-15-4-2-1-3-5-15/h1-12H,13-14H2. The molecule has 0 atom stereocenters. The van der Waals surface area contributed by atoms with E-state index >= 15 is 0 Å². The van der Waals surface area contributed by atoms with E-state index in [0.29, 0.717) is 28.4 Å². The summed E-state index contributed by atoms with van der Waals surface area (Å²) in [4.78, 5) is 5.55. The third kappa shape index (κ3) is 4.60. The van der Waals surface area contributed by atoms with Gasteiger partial charge in [0, 0.05) is 16.5 Å². The maximum absolute atomic E-state index is 13.1. The van der Waals surface area contributed by atoms with Gasteiger partial charge in [-0.25, -0.2) is 4.98 Å². The Morgan fingerprint density at radius 2 is 1.66 bits per heavy atom. The van der Waals surface area contributed by atoms with Gasteiger partial charge in [-0.05, 0) is 48.0 Å². The monoisotopic (exact) mass is 432 g/mol. The summed E-state index contributed by atoms with van der Waals surface area (Å²) in [6.07, 6.45) is -4.39. The summed E-state index contributed by atoms with van der Waals surface area (Å²) in [7, 11) is 0. The number of halogens is 4. The van der Waals surface area contributed by atoms with Crippen LogP contribution in [0.4, 0.5) is 13.2 Å². The first-order valence-corrected chi connectivity index (χ1v) is 10.3. The molecule has 0 saturated heterocycles. The fraction of sp³-hybridized carbons (Fsp3) is 0.136. The van der Waals surface area contributed by atoms with Gasteiger partial charge in [0.2, 0.25) is 0 Å². The largest absolute Gasteiger partial charge is 0.416 e. The second-order valence-corrected chi connectivity index (χ2v) is 8.03. The van der Waals surface area contributed by atoms with Crippen LogP contribution in [0, 0.1) is 0 Å². The second-order valence-electron chi connectivity index (χ2n) is 6.54. The number of alkyl halides is 3. The van der Waals surface area contributed by atoms with Crippen LogP contribution in [0.15, 0.2) is 77.7 Å². The van der Waals surface area contributed by atoms with Gasteiger partial charge < -0.3 is 4.57 Å². The number of nitrogens with zero attached hydrogens (tertiary/aromatic N) is 2. The molecule has 0 aliphatic carbocycles. The smallest absolute Gasteiger partial charge is 0.323 e. The third-order valence-corrected chi connectivity index (χ3v) is 5.78. The number of rotatable bonds is 5. The number of thioether (sulfide) groups is 1. The average Bonchev–Trinajstić information content (AvgIpc) is 3.04. The zero-order valence-corrected chi connectivity index (χ0v) is 16.7. The summed E-state index contributed by atoms with van der Waals surface area (Å²) >= 11 is 7.50. The average molecular weight is 433 g/mol. The lowest BCUT2D eigenvalue weighted by Gasteiger charge is -2.10. The Kier molecular flexibility index (Phi) is 5.56. The zero-order valence-electron chi connectivity index (χ0n) is 15.2. The quantitative estimate of drug-likeness (QED) is 0.314. The molecule has 4 rings (SSSR count). The van der Waals surface area contributed by atoms with Crippen LogP contribution >= 0.6 is 23.4 Å². The summed E-state index contributed by atoms with van der Waals surface area (Å²) in [6.45, 7) is 0.541. The molecule has 0 spiro atoms. The predicted molar refractivity (Wildman–Crippen MR) is 111 cm³/mol. The van der Waals surface area contributed by atoms with Crippen LogP contribution in [0.1, 0.15) is 17.0 Å². The molecule has 4 aromatic rings. The lowest BCUT2D eigenvalue weighted by atomic mass is 10.2. The Balaban J connectivity index is 1.71. The first-order chi connectivity index (χ1) is 13.9. The molecular weight excluding hydrogens is 417 g/mol. The molecule has 0 aliphatic rings. The molecule has 0 fully saturated rings. The molecule has 1 aromatic heterocycles. The Hall–Kier alpha value is -2.44. The van der Waals surface area contributed by atoms with Crippen molar-refractivity contribution in [2.45, 2.75) is 23.4 Å². The van der Waals surface area contributed by atoms with Crippen molar-refractivity contribution in [3.05, 3.63) is 94.8 Å². The molecule has 0 aliphatic heterocycles. The Morgan fingerprint density at radius 3 is 2.34 bits per heavy atom. The van der Waals surface area contributed by atoms with Crippen LogP contribution in [0.3, 0.4) is 0 Å². The minimum atomic E-state index is -4.39. The van der Waals surface area contributed by atoms with Gasteiger partial charge in [-0.3, -0.25) is 0 Å². The van der Waals surface area contributed by atoms with Gasteiger partial charge in [0.15, 0.2) is 0 Å². The number of hydrogen-bond donors (Lipinski definition) is 0. The highest BCUT2D eigenvalue weighted by Crippen LogP contribution is 2.33. The van der Waals surface area contributed by atoms with E-state index in [4.69, 9.17) is 11.6 Å². The molecule has 29 heavy (non-hydrogen) atoms. The third-order valence-electron chi connectivity index (χ3n) is 4.52. The molecule has 7 heteroatoms. The van der Waals surface area contributed by atoms with E-state index in [9.17, 15) is 13.2 Å². The minimum Gasteiger partial charge on any atom is -0.323 e. The van der Waals surface area contributed by atoms with E-state index in [1.165, 1.54) is 6.07 Å². The molecule has 0 saturated carbocycles. The van der Waals surface area contributed by atoms with Crippen molar-refractivity contribution in [1.29, 1.82) is 0 Å². The lowest BCUT2D eigenvalue weighted by Crippen LogP contribution is -2.05. The van der Waals surface area contributed by atoms with Gasteiger partial charge in [0.25, 0.3) is 0 Å². The van der Waals surface area contributed by atoms with E-state index in [1.54, 1.807) is 11.8 Å². The highest BCUT2D eigenvalue weighted by atomic mass is 35.5. The Morgan fingerprint density at radius 1 is 0.931 bits per heavy atom. The molecule has 0 amide bonds. The summed E-state index contributed by atoms with van der Waals surface area (Å²) in [5, 5.41) is 0.658. The molecule has 0 radical (unpaired) electrons. The summed E-state index contributed by atoms with van der Waals surface area (Å²) in [5.41, 5.74) is 1.41. The van der Waals surface area contributed by atoms with Gasteiger partial charge in [0.1, 0.15) is 5.82 Å². The predicted octanol–water partition coefficient (Wildman–Crippen LogP) is 7.05. The SMILES string of the molecule is FC(F)(F)c1ccc2c(c1)nc(CSc1ccc(Cl)cc1)n2Cc1ccccc1. The number of aromatic nitrogens is 2. The minimum absolute atomic E-state index is 0.350. The molecule has 2 nitrogen and oxygen atoms in total. The molecular formula is C22H16ClF3N2S. The molecule has 1 heterocycles. The topological polar surface area (TPSA) is 17.8 Å². The van der Waals surface area contributed by atoms with Gasteiger partial charge in [-0.2, -0.15) is 13.2 Å². The molecule has 0 N–H and O–H groups in total. The van der Waals surface area contributed by atoms with Crippen LogP contribution in [0.5, 0.6) is 0 Å². The lowest BCUT2D eigenvalue weighted by molar-refractivity contribution is -0.137. The summed E-state index contributed by atoms with van der Waals surface area (Å²) in [5.74, 6) is 1.26. The highest BCUT2D eigenvalue weighted by Gasteiger charge is 2.31. The Labute approximate surface area is 175 Å². The first-order valence-electron chi connectivity index (χ1n) is 8.89. The fourth-order valence-corrected chi connectivity index (χ4v) is 4.06. The van der Waals surface area contributed by atoms with Crippen molar-refractivity contribution in [1.82, 2.24) is 9.55 Å². The van der Waals surface area contributed by atoms with Crippen molar-refractivity contribution < 1.29 is 13.2 Å². The van der Waals surface area contributed by atoms with Gasteiger partial charge in [-0.1, -0.05) is 41.9 Å². The van der Waals surface area contributed by atoms with Crippen LogP contribution in [-0.4, -0.2) is 9.55 Å². The summed E-state index contributed by atoms with van der Waals surface area (Å²) in [6, 6.07) is 21.0. The normalized spacial score (nSPS) is 11.9. The number of fused-ring (bicyclic) bond motifs is 1. The van der Waals surface area contributed by atoms with Gasteiger partial charge in [0.05, 0.1) is 22.3 Å². The molecule has 3 aromatic carbocycles. The number of hydrogen-bond acceptors (Lipinski definition) is 2. The fourth-order valence-electron chi connectivity index (χ4n) is 3.09.